The largest absolute Gasteiger partial charge is 0.495 e. The van der Waals surface area contributed by atoms with E-state index in [0.29, 0.717) is 5.75 Å². The quantitative estimate of drug-likeness (QED) is 0.264. The smallest absolute Gasteiger partial charge is 0.265 e. The summed E-state index contributed by atoms with van der Waals surface area (Å²) in [6, 6.07) is 15.5. The molecule has 1 fully saturated rings. The molecule has 0 saturated heterocycles. The van der Waals surface area contributed by atoms with E-state index in [1.165, 1.54) is 56.6 Å². The molecule has 1 aliphatic rings. The van der Waals surface area contributed by atoms with E-state index in [9.17, 15) is 18.0 Å². The van der Waals surface area contributed by atoms with Gasteiger partial charge in [0.1, 0.15) is 18.3 Å². The number of aryl methyl sites for hydroxylation is 1. The van der Waals surface area contributed by atoms with Crippen LogP contribution in [0.25, 0.3) is 0 Å². The van der Waals surface area contributed by atoms with Crippen LogP contribution in [0, 0.1) is 6.92 Å². The Morgan fingerprint density at radius 1 is 0.933 bits per heavy atom. The van der Waals surface area contributed by atoms with Gasteiger partial charge in [0, 0.05) is 23.7 Å². The number of benzene rings is 3. The number of rotatable bonds is 13. The Bertz CT molecular complexity index is 1630. The fourth-order valence-electron chi connectivity index (χ4n) is 5.46. The third kappa shape index (κ3) is 8.01. The number of halogens is 1. The minimum Gasteiger partial charge on any atom is -0.495 e. The number of nitrogens with one attached hydrogen (secondary N) is 1. The third-order valence-corrected chi connectivity index (χ3v) is 9.93. The molecule has 1 saturated carbocycles. The summed E-state index contributed by atoms with van der Waals surface area (Å²) >= 11 is 6.33. The Hall–Kier alpha value is -3.96. The summed E-state index contributed by atoms with van der Waals surface area (Å²) in [5, 5.41) is 3.32. The van der Waals surface area contributed by atoms with E-state index in [1.807, 2.05) is 31.2 Å². The summed E-state index contributed by atoms with van der Waals surface area (Å²) in [6.45, 7) is 3.05. The van der Waals surface area contributed by atoms with Crippen LogP contribution in [0.15, 0.2) is 65.6 Å². The number of carbonyl (C=O) groups excluding carboxylic acids is 2. The zero-order chi connectivity index (χ0) is 32.7. The van der Waals surface area contributed by atoms with Gasteiger partial charge in [-0.25, -0.2) is 8.42 Å². The van der Waals surface area contributed by atoms with Crippen LogP contribution in [0.4, 0.5) is 5.69 Å². The molecule has 45 heavy (non-hydrogen) atoms. The SMILES string of the molecule is COc1ccc(S(=O)(=O)N(CC(=O)N(Cc2cccc(C)c2)C(C)C(=O)NC2CCCC2)c2cc(Cl)ccc2OC)cc1OC. The summed E-state index contributed by atoms with van der Waals surface area (Å²) in [4.78, 5) is 29.0. The van der Waals surface area contributed by atoms with Crippen molar-refractivity contribution in [1.82, 2.24) is 10.2 Å². The lowest BCUT2D eigenvalue weighted by atomic mass is 10.1. The summed E-state index contributed by atoms with van der Waals surface area (Å²) in [5.74, 6) is -0.158. The fourth-order valence-corrected chi connectivity index (χ4v) is 7.06. The Balaban J connectivity index is 1.78. The van der Waals surface area contributed by atoms with Crippen LogP contribution in [0.2, 0.25) is 5.02 Å². The third-order valence-electron chi connectivity index (χ3n) is 7.94. The van der Waals surface area contributed by atoms with Crippen LogP contribution in [0.3, 0.4) is 0 Å². The van der Waals surface area contributed by atoms with Gasteiger partial charge < -0.3 is 24.4 Å². The molecule has 1 aliphatic carbocycles. The van der Waals surface area contributed by atoms with Crippen molar-refractivity contribution in [3.63, 3.8) is 0 Å². The molecule has 1 atom stereocenters. The molecule has 10 nitrogen and oxygen atoms in total. The number of ether oxygens (including phenoxy) is 3. The van der Waals surface area contributed by atoms with Crippen LogP contribution in [-0.2, 0) is 26.2 Å². The maximum absolute atomic E-state index is 14.4. The van der Waals surface area contributed by atoms with E-state index in [0.717, 1.165) is 41.1 Å². The van der Waals surface area contributed by atoms with Crippen LogP contribution in [0.1, 0.15) is 43.7 Å². The highest BCUT2D eigenvalue weighted by Gasteiger charge is 2.35. The molecule has 0 aromatic heterocycles. The van der Waals surface area contributed by atoms with E-state index in [4.69, 9.17) is 25.8 Å². The molecule has 1 N–H and O–H groups in total. The molecule has 1 unspecified atom stereocenters. The fraction of sp³-hybridized carbons (Fsp3) is 0.394. The molecule has 3 aromatic carbocycles. The second-order valence-corrected chi connectivity index (χ2v) is 13.3. The van der Waals surface area contributed by atoms with Gasteiger partial charge >= 0.3 is 0 Å². The first-order valence-electron chi connectivity index (χ1n) is 14.7. The molecule has 0 heterocycles. The Morgan fingerprint density at radius 2 is 1.60 bits per heavy atom. The molecule has 0 bridgehead atoms. The van der Waals surface area contributed by atoms with Crippen molar-refractivity contribution >= 4 is 39.1 Å². The topological polar surface area (TPSA) is 114 Å². The van der Waals surface area contributed by atoms with Crippen molar-refractivity contribution in [2.45, 2.75) is 63.1 Å². The first-order valence-corrected chi connectivity index (χ1v) is 16.5. The van der Waals surface area contributed by atoms with Gasteiger partial charge in [-0.15, -0.1) is 0 Å². The zero-order valence-corrected chi connectivity index (χ0v) is 27.8. The highest BCUT2D eigenvalue weighted by molar-refractivity contribution is 7.92. The Morgan fingerprint density at radius 3 is 2.24 bits per heavy atom. The molecule has 242 valence electrons. The lowest BCUT2D eigenvalue weighted by Gasteiger charge is -2.33. The van der Waals surface area contributed by atoms with Gasteiger partial charge in [-0.05, 0) is 62.6 Å². The van der Waals surface area contributed by atoms with Crippen molar-refractivity contribution < 1.29 is 32.2 Å². The first kappa shape index (κ1) is 33.9. The maximum atomic E-state index is 14.4. The summed E-state index contributed by atoms with van der Waals surface area (Å²) in [7, 11) is -0.180. The molecular weight excluding hydrogens is 618 g/mol. The Kier molecular flexibility index (Phi) is 11.2. The van der Waals surface area contributed by atoms with Crippen LogP contribution < -0.4 is 23.8 Å². The van der Waals surface area contributed by atoms with Crippen molar-refractivity contribution in [3.05, 3.63) is 76.8 Å². The molecule has 12 heteroatoms. The van der Waals surface area contributed by atoms with Crippen LogP contribution >= 0.6 is 11.6 Å². The van der Waals surface area contributed by atoms with E-state index in [2.05, 4.69) is 5.32 Å². The normalized spacial score (nSPS) is 14.0. The molecule has 0 spiro atoms. The zero-order valence-electron chi connectivity index (χ0n) is 26.2. The average molecular weight is 658 g/mol. The van der Waals surface area contributed by atoms with Gasteiger partial charge in [-0.1, -0.05) is 54.3 Å². The van der Waals surface area contributed by atoms with Gasteiger partial charge in [0.15, 0.2) is 11.5 Å². The lowest BCUT2D eigenvalue weighted by Crippen LogP contribution is -2.52. The molecule has 3 aromatic rings. The van der Waals surface area contributed by atoms with Crippen molar-refractivity contribution in [2.75, 3.05) is 32.2 Å². The number of anilines is 1. The standard InChI is InChI=1S/C33H40ClN3O7S/c1-22-9-8-10-24(17-22)20-36(23(2)33(39)35-26-11-6-7-12-26)32(38)21-37(28-18-25(34)13-15-29(28)42-3)45(40,41)27-14-16-30(43-4)31(19-27)44-5/h8-10,13-19,23,26H,6-7,11-12,20-21H2,1-5H3,(H,35,39). The second kappa shape index (κ2) is 14.9. The summed E-state index contributed by atoms with van der Waals surface area (Å²) in [5.41, 5.74) is 1.86. The summed E-state index contributed by atoms with van der Waals surface area (Å²) in [6.07, 6.45) is 3.85. The van der Waals surface area contributed by atoms with Crippen LogP contribution in [0.5, 0.6) is 17.2 Å². The predicted molar refractivity (Wildman–Crippen MR) is 174 cm³/mol. The number of amides is 2. The second-order valence-electron chi connectivity index (χ2n) is 11.0. The van der Waals surface area contributed by atoms with Gasteiger partial charge in [0.2, 0.25) is 11.8 Å². The van der Waals surface area contributed by atoms with Crippen molar-refractivity contribution in [1.29, 1.82) is 0 Å². The van der Waals surface area contributed by atoms with E-state index >= 15 is 0 Å². The van der Waals surface area contributed by atoms with Gasteiger partial charge in [-0.2, -0.15) is 0 Å². The van der Waals surface area contributed by atoms with E-state index in [-0.39, 0.29) is 45.6 Å². The number of sulfonamides is 1. The van der Waals surface area contributed by atoms with Crippen molar-refractivity contribution in [3.8, 4) is 17.2 Å². The van der Waals surface area contributed by atoms with Gasteiger partial charge in [0.25, 0.3) is 10.0 Å². The number of methoxy groups -OCH3 is 3. The number of nitrogens with zero attached hydrogens (tertiary/aromatic N) is 2. The number of hydrogen-bond donors (Lipinski definition) is 1. The average Bonchev–Trinajstić information content (AvgIpc) is 3.54. The Labute approximate surface area is 270 Å². The van der Waals surface area contributed by atoms with E-state index < -0.39 is 28.5 Å². The number of hydrogen-bond acceptors (Lipinski definition) is 7. The predicted octanol–water partition coefficient (Wildman–Crippen LogP) is 5.35. The van der Waals surface area contributed by atoms with Crippen LogP contribution in [-0.4, -0.2) is 65.1 Å². The first-order chi connectivity index (χ1) is 21.5. The number of carbonyl (C=O) groups is 2. The van der Waals surface area contributed by atoms with E-state index in [1.54, 1.807) is 13.0 Å². The van der Waals surface area contributed by atoms with Gasteiger partial charge in [0.05, 0.1) is 31.9 Å². The van der Waals surface area contributed by atoms with Gasteiger partial charge in [-0.3, -0.25) is 13.9 Å². The maximum Gasteiger partial charge on any atom is 0.265 e. The molecule has 4 rings (SSSR count). The minimum atomic E-state index is -4.42. The monoisotopic (exact) mass is 657 g/mol. The molecule has 0 aliphatic heterocycles. The molecule has 0 radical (unpaired) electrons. The highest BCUT2D eigenvalue weighted by atomic mass is 35.5. The molecular formula is C33H40ClN3O7S. The molecule has 2 amide bonds. The highest BCUT2D eigenvalue weighted by Crippen LogP contribution is 2.37. The minimum absolute atomic E-state index is 0.0496. The lowest BCUT2D eigenvalue weighted by molar-refractivity contribution is -0.139. The van der Waals surface area contributed by atoms with Crippen molar-refractivity contribution in [2.24, 2.45) is 0 Å². The summed E-state index contributed by atoms with van der Waals surface area (Å²) < 4.78 is 45.8.